The van der Waals surface area contributed by atoms with E-state index in [-0.39, 0.29) is 0 Å². The molecular formula is C12H16N2O. The second-order valence-corrected chi connectivity index (χ2v) is 3.79. The molecule has 2 rings (SSSR count). The van der Waals surface area contributed by atoms with Crippen LogP contribution in [-0.4, -0.2) is 16.4 Å². The first-order chi connectivity index (χ1) is 7.22. The highest BCUT2D eigenvalue weighted by atomic mass is 16.5. The summed E-state index contributed by atoms with van der Waals surface area (Å²) in [5.41, 5.74) is 2.20. The normalized spacial score (nSPS) is 10.9. The van der Waals surface area contributed by atoms with Crippen LogP contribution < -0.4 is 4.74 Å². The van der Waals surface area contributed by atoms with Crippen LogP contribution in [0.25, 0.3) is 10.9 Å². The first kappa shape index (κ1) is 10.0. The zero-order valence-electron chi connectivity index (χ0n) is 9.45. The van der Waals surface area contributed by atoms with Crippen molar-refractivity contribution in [2.24, 2.45) is 7.05 Å². The van der Waals surface area contributed by atoms with Crippen molar-refractivity contribution in [3.05, 3.63) is 23.9 Å². The maximum absolute atomic E-state index is 5.66. The maximum Gasteiger partial charge on any atom is 0.147 e. The lowest BCUT2D eigenvalue weighted by atomic mass is 10.1. The molecule has 0 amide bonds. The van der Waals surface area contributed by atoms with Gasteiger partial charge in [0.15, 0.2) is 0 Å². The van der Waals surface area contributed by atoms with E-state index < -0.39 is 0 Å². The van der Waals surface area contributed by atoms with Crippen molar-refractivity contribution >= 4 is 10.9 Å². The van der Waals surface area contributed by atoms with Gasteiger partial charge in [0.25, 0.3) is 0 Å². The van der Waals surface area contributed by atoms with E-state index >= 15 is 0 Å². The van der Waals surface area contributed by atoms with Gasteiger partial charge in [-0.05, 0) is 25.0 Å². The molecular weight excluding hydrogens is 188 g/mol. The number of rotatable bonds is 3. The molecule has 1 aromatic carbocycles. The molecule has 1 aromatic heterocycles. The zero-order chi connectivity index (χ0) is 10.8. The first-order valence-electron chi connectivity index (χ1n) is 5.28. The molecule has 3 nitrogen and oxygen atoms in total. The van der Waals surface area contributed by atoms with E-state index in [0.29, 0.717) is 0 Å². The Labute approximate surface area is 89.7 Å². The molecule has 0 radical (unpaired) electrons. The fourth-order valence-corrected chi connectivity index (χ4v) is 1.66. The molecule has 0 aliphatic heterocycles. The van der Waals surface area contributed by atoms with Gasteiger partial charge in [-0.25, -0.2) is 0 Å². The van der Waals surface area contributed by atoms with E-state index in [0.717, 1.165) is 24.3 Å². The average molecular weight is 204 g/mol. The molecule has 0 saturated heterocycles. The number of hydrogen-bond donors (Lipinski definition) is 0. The van der Waals surface area contributed by atoms with Crippen LogP contribution in [-0.2, 0) is 7.05 Å². The molecule has 0 atom stereocenters. The summed E-state index contributed by atoms with van der Waals surface area (Å²) in [5, 5.41) is 5.59. The fourth-order valence-electron chi connectivity index (χ4n) is 1.66. The van der Waals surface area contributed by atoms with Gasteiger partial charge in [-0.3, -0.25) is 4.68 Å². The van der Waals surface area contributed by atoms with Crippen LogP contribution in [0.2, 0.25) is 0 Å². The van der Waals surface area contributed by atoms with Gasteiger partial charge in [0.2, 0.25) is 0 Å². The number of hydrogen-bond acceptors (Lipinski definition) is 2. The number of aromatic nitrogens is 2. The Morgan fingerprint density at radius 2 is 2.20 bits per heavy atom. The molecule has 0 spiro atoms. The maximum atomic E-state index is 5.66. The number of nitrogens with zero attached hydrogens (tertiary/aromatic N) is 2. The zero-order valence-corrected chi connectivity index (χ0v) is 9.45. The molecule has 3 heteroatoms. The Hall–Kier alpha value is -1.51. The van der Waals surface area contributed by atoms with Crippen molar-refractivity contribution in [1.82, 2.24) is 9.78 Å². The van der Waals surface area contributed by atoms with Crippen LogP contribution in [0, 0.1) is 6.92 Å². The largest absolute Gasteiger partial charge is 0.491 e. The Balaban J connectivity index is 2.50. The summed E-state index contributed by atoms with van der Waals surface area (Å²) in [4.78, 5) is 0. The monoisotopic (exact) mass is 204 g/mol. The highest BCUT2D eigenvalue weighted by molar-refractivity contribution is 5.87. The minimum Gasteiger partial charge on any atom is -0.491 e. The topological polar surface area (TPSA) is 27.1 Å². The summed E-state index contributed by atoms with van der Waals surface area (Å²) in [5.74, 6) is 0.887. The molecule has 0 aliphatic carbocycles. The smallest absolute Gasteiger partial charge is 0.147 e. The molecule has 0 fully saturated rings. The average Bonchev–Trinajstić information content (AvgIpc) is 2.60. The second-order valence-electron chi connectivity index (χ2n) is 3.79. The van der Waals surface area contributed by atoms with Crippen LogP contribution in [0.3, 0.4) is 0 Å². The predicted octanol–water partition coefficient (Wildman–Crippen LogP) is 2.67. The van der Waals surface area contributed by atoms with Crippen molar-refractivity contribution in [3.63, 3.8) is 0 Å². The Bertz CT molecular complexity index is 474. The third-order valence-corrected chi connectivity index (χ3v) is 2.43. The molecule has 0 bridgehead atoms. The standard InChI is InChI=1S/C12H16N2O/c1-4-7-15-11-6-5-9(2)10-8-14(3)13-12(10)11/h5-6,8H,4,7H2,1-3H3. The van der Waals surface area contributed by atoms with Crippen molar-refractivity contribution < 1.29 is 4.74 Å². The molecule has 80 valence electrons. The van der Waals surface area contributed by atoms with Crippen LogP contribution >= 0.6 is 0 Å². The highest BCUT2D eigenvalue weighted by Gasteiger charge is 2.07. The van der Waals surface area contributed by atoms with Gasteiger partial charge in [-0.1, -0.05) is 13.0 Å². The lowest BCUT2D eigenvalue weighted by molar-refractivity contribution is 0.320. The van der Waals surface area contributed by atoms with Gasteiger partial charge in [0.05, 0.1) is 6.61 Å². The van der Waals surface area contributed by atoms with E-state index in [1.54, 1.807) is 0 Å². The minimum atomic E-state index is 0.745. The quantitative estimate of drug-likeness (QED) is 0.768. The minimum absolute atomic E-state index is 0.745. The molecule has 0 N–H and O–H groups in total. The lowest BCUT2D eigenvalue weighted by Gasteiger charge is -2.05. The van der Waals surface area contributed by atoms with Crippen molar-refractivity contribution in [2.45, 2.75) is 20.3 Å². The van der Waals surface area contributed by atoms with Gasteiger partial charge in [-0.15, -0.1) is 0 Å². The van der Waals surface area contributed by atoms with Crippen LogP contribution in [0.15, 0.2) is 18.3 Å². The summed E-state index contributed by atoms with van der Waals surface area (Å²) in [6.07, 6.45) is 3.05. The summed E-state index contributed by atoms with van der Waals surface area (Å²) in [6, 6.07) is 4.08. The number of benzene rings is 1. The van der Waals surface area contributed by atoms with Crippen LogP contribution in [0.4, 0.5) is 0 Å². The molecule has 0 unspecified atom stereocenters. The SMILES string of the molecule is CCCOc1ccc(C)c2cn(C)nc12. The molecule has 2 aromatic rings. The fraction of sp³-hybridized carbons (Fsp3) is 0.417. The van der Waals surface area contributed by atoms with Gasteiger partial charge < -0.3 is 4.74 Å². The lowest BCUT2D eigenvalue weighted by Crippen LogP contribution is -1.96. The van der Waals surface area contributed by atoms with E-state index in [4.69, 9.17) is 4.74 Å². The van der Waals surface area contributed by atoms with E-state index in [1.807, 2.05) is 24.0 Å². The molecule has 15 heavy (non-hydrogen) atoms. The van der Waals surface area contributed by atoms with Crippen LogP contribution in [0.1, 0.15) is 18.9 Å². The number of fused-ring (bicyclic) bond motifs is 1. The van der Waals surface area contributed by atoms with Gasteiger partial charge in [-0.2, -0.15) is 5.10 Å². The van der Waals surface area contributed by atoms with E-state index in [2.05, 4.69) is 25.0 Å². The van der Waals surface area contributed by atoms with Crippen LogP contribution in [0.5, 0.6) is 5.75 Å². The summed E-state index contributed by atoms with van der Waals surface area (Å²) in [6.45, 7) is 4.94. The Morgan fingerprint density at radius 3 is 2.93 bits per heavy atom. The summed E-state index contributed by atoms with van der Waals surface area (Å²) < 4.78 is 7.49. The third-order valence-electron chi connectivity index (χ3n) is 2.43. The van der Waals surface area contributed by atoms with E-state index in [1.165, 1.54) is 10.9 Å². The second kappa shape index (κ2) is 3.93. The highest BCUT2D eigenvalue weighted by Crippen LogP contribution is 2.26. The predicted molar refractivity (Wildman–Crippen MR) is 61.2 cm³/mol. The van der Waals surface area contributed by atoms with Gasteiger partial charge >= 0.3 is 0 Å². The number of aryl methyl sites for hydroxylation is 2. The number of ether oxygens (including phenoxy) is 1. The molecule has 0 saturated carbocycles. The Morgan fingerprint density at radius 1 is 1.40 bits per heavy atom. The molecule has 0 aliphatic rings. The molecule has 1 heterocycles. The van der Waals surface area contributed by atoms with Crippen molar-refractivity contribution in [3.8, 4) is 5.75 Å². The van der Waals surface area contributed by atoms with Gasteiger partial charge in [0.1, 0.15) is 11.3 Å². The first-order valence-corrected chi connectivity index (χ1v) is 5.28. The Kier molecular flexibility index (Phi) is 2.62. The third kappa shape index (κ3) is 1.82. The summed E-state index contributed by atoms with van der Waals surface area (Å²) >= 11 is 0. The summed E-state index contributed by atoms with van der Waals surface area (Å²) in [7, 11) is 1.93. The van der Waals surface area contributed by atoms with E-state index in [9.17, 15) is 0 Å². The van der Waals surface area contributed by atoms with Gasteiger partial charge in [0, 0.05) is 18.6 Å². The van der Waals surface area contributed by atoms with Crippen molar-refractivity contribution in [1.29, 1.82) is 0 Å². The van der Waals surface area contributed by atoms with Crippen molar-refractivity contribution in [2.75, 3.05) is 6.61 Å².